The van der Waals surface area contributed by atoms with E-state index in [0.717, 1.165) is 42.7 Å². The van der Waals surface area contributed by atoms with Crippen LogP contribution < -0.4 is 4.74 Å². The molecule has 0 radical (unpaired) electrons. The van der Waals surface area contributed by atoms with Gasteiger partial charge in [-0.15, -0.1) is 0 Å². The van der Waals surface area contributed by atoms with Crippen molar-refractivity contribution < 1.29 is 9.53 Å². The van der Waals surface area contributed by atoms with Gasteiger partial charge in [-0.25, -0.2) is 14.6 Å². The third kappa shape index (κ3) is 3.12. The van der Waals surface area contributed by atoms with Gasteiger partial charge in [-0.2, -0.15) is 5.10 Å². The lowest BCUT2D eigenvalue weighted by Crippen LogP contribution is -2.32. The number of aromatic nitrogens is 4. The molecule has 7 heteroatoms. The number of aryl methyl sites for hydroxylation is 2. The monoisotopic (exact) mass is 351 g/mol. The Morgan fingerprint density at radius 1 is 1.12 bits per heavy atom. The largest absolute Gasteiger partial charge is 0.467 e. The Hall–Kier alpha value is -2.96. The van der Waals surface area contributed by atoms with Crippen LogP contribution in [-0.4, -0.2) is 50.3 Å². The number of fused-ring (bicyclic) bond motifs is 1. The Balaban J connectivity index is 1.61. The van der Waals surface area contributed by atoms with Crippen LogP contribution in [0.5, 0.6) is 5.88 Å². The first kappa shape index (κ1) is 16.5. The second-order valence-corrected chi connectivity index (χ2v) is 6.69. The van der Waals surface area contributed by atoms with Crippen LogP contribution >= 0.6 is 0 Å². The maximum atomic E-state index is 12.2. The average molecular weight is 351 g/mol. The zero-order valence-electron chi connectivity index (χ0n) is 15.0. The van der Waals surface area contributed by atoms with E-state index in [1.165, 1.54) is 6.33 Å². The van der Waals surface area contributed by atoms with Crippen LogP contribution in [0.4, 0.5) is 0 Å². The summed E-state index contributed by atoms with van der Waals surface area (Å²) in [5.41, 5.74) is 3.92. The van der Waals surface area contributed by atoms with E-state index in [4.69, 9.17) is 4.74 Å². The number of hydrogen-bond donors (Lipinski definition) is 0. The zero-order valence-corrected chi connectivity index (χ0v) is 15.0. The molecule has 0 spiro atoms. The summed E-state index contributed by atoms with van der Waals surface area (Å²) in [7, 11) is 0. The fraction of sp³-hybridized carbons (Fsp3) is 0.368. The smallest absolute Gasteiger partial charge is 0.260 e. The van der Waals surface area contributed by atoms with Crippen LogP contribution in [0.3, 0.4) is 0 Å². The lowest BCUT2D eigenvalue weighted by atomic mass is 10.1. The van der Waals surface area contributed by atoms with Crippen LogP contribution in [0, 0.1) is 13.8 Å². The van der Waals surface area contributed by atoms with E-state index in [9.17, 15) is 4.79 Å². The number of ether oxygens (including phenoxy) is 1. The predicted molar refractivity (Wildman–Crippen MR) is 97.4 cm³/mol. The zero-order chi connectivity index (χ0) is 18.1. The van der Waals surface area contributed by atoms with Gasteiger partial charge >= 0.3 is 0 Å². The quantitative estimate of drug-likeness (QED) is 0.722. The summed E-state index contributed by atoms with van der Waals surface area (Å²) >= 11 is 0. The molecule has 1 aromatic carbocycles. The number of likely N-dealkylation sites (tertiary alicyclic amines) is 1. The molecular formula is C19H21N5O2. The fourth-order valence-electron chi connectivity index (χ4n) is 3.39. The normalized spacial score (nSPS) is 14.2. The Morgan fingerprint density at radius 3 is 2.58 bits per heavy atom. The number of hydrogen-bond acceptors (Lipinski definition) is 5. The Labute approximate surface area is 151 Å². The number of carbonyl (C=O) groups excluding carboxylic acids is 1. The molecule has 3 heterocycles. The molecule has 2 aromatic heterocycles. The summed E-state index contributed by atoms with van der Waals surface area (Å²) < 4.78 is 7.46. The van der Waals surface area contributed by atoms with Gasteiger partial charge in [0.2, 0.25) is 5.88 Å². The van der Waals surface area contributed by atoms with Crippen molar-refractivity contribution in [2.24, 2.45) is 0 Å². The van der Waals surface area contributed by atoms with E-state index >= 15 is 0 Å². The Morgan fingerprint density at radius 2 is 1.85 bits per heavy atom. The second kappa shape index (κ2) is 6.74. The van der Waals surface area contributed by atoms with Crippen molar-refractivity contribution in [2.45, 2.75) is 26.7 Å². The number of amides is 1. The van der Waals surface area contributed by atoms with Crippen LogP contribution in [0.25, 0.3) is 16.7 Å². The number of nitrogens with zero attached hydrogens (tertiary/aromatic N) is 5. The lowest BCUT2D eigenvalue weighted by Gasteiger charge is -2.15. The van der Waals surface area contributed by atoms with Crippen LogP contribution in [0.2, 0.25) is 0 Å². The first-order valence-corrected chi connectivity index (χ1v) is 8.80. The third-order valence-corrected chi connectivity index (χ3v) is 4.57. The fourth-order valence-corrected chi connectivity index (χ4v) is 3.39. The van der Waals surface area contributed by atoms with E-state index in [1.807, 2.05) is 4.90 Å². The Bertz CT molecular complexity index is 939. The summed E-state index contributed by atoms with van der Waals surface area (Å²) in [4.78, 5) is 22.6. The van der Waals surface area contributed by atoms with E-state index < -0.39 is 0 Å². The van der Waals surface area contributed by atoms with Crippen molar-refractivity contribution in [1.82, 2.24) is 24.6 Å². The van der Waals surface area contributed by atoms with Crippen LogP contribution in [-0.2, 0) is 4.79 Å². The summed E-state index contributed by atoms with van der Waals surface area (Å²) in [6.45, 7) is 5.71. The van der Waals surface area contributed by atoms with Crippen molar-refractivity contribution in [2.75, 3.05) is 19.7 Å². The highest BCUT2D eigenvalue weighted by atomic mass is 16.5. The molecule has 0 bridgehead atoms. The van der Waals surface area contributed by atoms with Gasteiger partial charge in [-0.1, -0.05) is 6.07 Å². The molecule has 0 saturated carbocycles. The lowest BCUT2D eigenvalue weighted by molar-refractivity contribution is -0.132. The highest BCUT2D eigenvalue weighted by Crippen LogP contribution is 2.24. The topological polar surface area (TPSA) is 73.1 Å². The molecule has 134 valence electrons. The highest BCUT2D eigenvalue weighted by molar-refractivity contribution is 5.82. The molecule has 1 fully saturated rings. The maximum absolute atomic E-state index is 12.2. The third-order valence-electron chi connectivity index (χ3n) is 4.57. The van der Waals surface area contributed by atoms with Gasteiger partial charge in [-0.3, -0.25) is 4.79 Å². The van der Waals surface area contributed by atoms with E-state index in [0.29, 0.717) is 16.9 Å². The van der Waals surface area contributed by atoms with Gasteiger partial charge in [0, 0.05) is 13.1 Å². The van der Waals surface area contributed by atoms with Crippen molar-refractivity contribution in [3.05, 3.63) is 41.9 Å². The van der Waals surface area contributed by atoms with Gasteiger partial charge in [0.15, 0.2) is 12.3 Å². The number of benzene rings is 1. The SMILES string of the molecule is Cc1cc(C)cc(-n2ncc3c(OCC(=O)N4CCCC4)ncnc32)c1. The van der Waals surface area contributed by atoms with Crippen molar-refractivity contribution >= 4 is 16.9 Å². The van der Waals surface area contributed by atoms with Gasteiger partial charge in [0.25, 0.3) is 5.91 Å². The van der Waals surface area contributed by atoms with Gasteiger partial charge in [0.1, 0.15) is 11.7 Å². The second-order valence-electron chi connectivity index (χ2n) is 6.69. The minimum Gasteiger partial charge on any atom is -0.467 e. The summed E-state index contributed by atoms with van der Waals surface area (Å²) in [5, 5.41) is 5.15. The van der Waals surface area contributed by atoms with E-state index in [1.54, 1.807) is 10.9 Å². The Kier molecular flexibility index (Phi) is 4.28. The van der Waals surface area contributed by atoms with Gasteiger partial charge < -0.3 is 9.64 Å². The van der Waals surface area contributed by atoms with Crippen LogP contribution in [0.15, 0.2) is 30.7 Å². The van der Waals surface area contributed by atoms with Crippen molar-refractivity contribution in [3.8, 4) is 11.6 Å². The molecule has 0 unspecified atom stereocenters. The summed E-state index contributed by atoms with van der Waals surface area (Å²) in [5.74, 6) is 0.383. The van der Waals surface area contributed by atoms with Gasteiger partial charge in [0.05, 0.1) is 11.9 Å². The van der Waals surface area contributed by atoms with Crippen molar-refractivity contribution in [1.29, 1.82) is 0 Å². The maximum Gasteiger partial charge on any atom is 0.260 e. The molecule has 4 rings (SSSR count). The molecular weight excluding hydrogens is 330 g/mol. The molecule has 1 saturated heterocycles. The predicted octanol–water partition coefficient (Wildman–Crippen LogP) is 2.43. The molecule has 1 aliphatic rings. The van der Waals surface area contributed by atoms with Crippen LogP contribution in [0.1, 0.15) is 24.0 Å². The number of carbonyl (C=O) groups is 1. The van der Waals surface area contributed by atoms with Crippen molar-refractivity contribution in [3.63, 3.8) is 0 Å². The van der Waals surface area contributed by atoms with Gasteiger partial charge in [-0.05, 0) is 49.9 Å². The minimum absolute atomic E-state index is 0.00374. The molecule has 3 aromatic rings. The molecule has 26 heavy (non-hydrogen) atoms. The van der Waals surface area contributed by atoms with E-state index in [2.05, 4.69) is 47.1 Å². The summed E-state index contributed by atoms with van der Waals surface area (Å²) in [6, 6.07) is 6.22. The average Bonchev–Trinajstić information content (AvgIpc) is 3.28. The first-order valence-electron chi connectivity index (χ1n) is 8.80. The number of rotatable bonds is 4. The molecule has 0 atom stereocenters. The van der Waals surface area contributed by atoms with E-state index in [-0.39, 0.29) is 12.5 Å². The molecule has 0 aliphatic carbocycles. The molecule has 1 aliphatic heterocycles. The first-order chi connectivity index (χ1) is 12.6. The minimum atomic E-state index is -0.0130. The highest BCUT2D eigenvalue weighted by Gasteiger charge is 2.19. The standard InChI is InChI=1S/C19H21N5O2/c1-13-7-14(2)9-15(8-13)24-18-16(10-22-24)19(21-12-20-18)26-11-17(25)23-5-3-4-6-23/h7-10,12H,3-6,11H2,1-2H3. The molecule has 0 N–H and O–H groups in total. The molecule has 1 amide bonds. The summed E-state index contributed by atoms with van der Waals surface area (Å²) in [6.07, 6.45) is 5.25. The molecule has 7 nitrogen and oxygen atoms in total.